The number of amides is 2. The molecular formula is C20H27N3O3S. The van der Waals surface area contributed by atoms with Crippen LogP contribution in [0.5, 0.6) is 0 Å². The second-order valence-electron chi connectivity index (χ2n) is 7.55. The van der Waals surface area contributed by atoms with Crippen LogP contribution in [-0.4, -0.2) is 40.8 Å². The molecule has 146 valence electrons. The molecule has 7 heteroatoms. The molecule has 1 aliphatic heterocycles. The number of aromatic nitrogens is 1. The molecule has 0 atom stereocenters. The Labute approximate surface area is 164 Å². The van der Waals surface area contributed by atoms with E-state index in [4.69, 9.17) is 4.42 Å². The number of aryl methyl sites for hydroxylation is 1. The van der Waals surface area contributed by atoms with E-state index in [1.807, 2.05) is 29.3 Å². The molecule has 1 N–H and O–H groups in total. The third-order valence-corrected chi connectivity index (χ3v) is 5.55. The van der Waals surface area contributed by atoms with Crippen LogP contribution < -0.4 is 5.32 Å². The second-order valence-corrected chi connectivity index (χ2v) is 8.41. The molecule has 3 heterocycles. The summed E-state index contributed by atoms with van der Waals surface area (Å²) in [6, 6.07) is 3.93. The molecule has 0 spiro atoms. The molecular weight excluding hydrogens is 362 g/mol. The van der Waals surface area contributed by atoms with Crippen molar-refractivity contribution in [1.29, 1.82) is 0 Å². The molecule has 3 rings (SSSR count). The maximum absolute atomic E-state index is 12.3. The highest BCUT2D eigenvalue weighted by atomic mass is 32.1. The predicted molar refractivity (Wildman–Crippen MR) is 105 cm³/mol. The molecule has 1 saturated heterocycles. The van der Waals surface area contributed by atoms with Gasteiger partial charge >= 0.3 is 0 Å². The van der Waals surface area contributed by atoms with E-state index in [1.165, 1.54) is 11.3 Å². The van der Waals surface area contributed by atoms with Crippen LogP contribution in [0, 0.1) is 12.8 Å². The maximum atomic E-state index is 12.3. The summed E-state index contributed by atoms with van der Waals surface area (Å²) in [5.41, 5.74) is 0.756. The molecule has 1 aliphatic rings. The smallest absolute Gasteiger partial charge is 0.226 e. The van der Waals surface area contributed by atoms with Crippen molar-refractivity contribution in [2.75, 3.05) is 13.1 Å². The Kier molecular flexibility index (Phi) is 6.31. The van der Waals surface area contributed by atoms with Gasteiger partial charge < -0.3 is 14.6 Å². The minimum absolute atomic E-state index is 0.0190. The monoisotopic (exact) mass is 389 g/mol. The normalized spacial score (nSPS) is 15.3. The summed E-state index contributed by atoms with van der Waals surface area (Å²) >= 11 is 1.48. The van der Waals surface area contributed by atoms with Crippen LogP contribution in [0.15, 0.2) is 21.9 Å². The Morgan fingerprint density at radius 3 is 2.70 bits per heavy atom. The minimum atomic E-state index is -0.0190. The Bertz CT molecular complexity index is 788. The van der Waals surface area contributed by atoms with Crippen LogP contribution in [0.4, 0.5) is 0 Å². The van der Waals surface area contributed by atoms with Gasteiger partial charge in [-0.15, -0.1) is 11.3 Å². The molecule has 0 aliphatic carbocycles. The molecule has 2 amide bonds. The summed E-state index contributed by atoms with van der Waals surface area (Å²) in [7, 11) is 0. The number of thiazole rings is 1. The van der Waals surface area contributed by atoms with Gasteiger partial charge in [0, 0.05) is 30.9 Å². The zero-order chi connectivity index (χ0) is 19.4. The van der Waals surface area contributed by atoms with E-state index in [2.05, 4.69) is 24.1 Å². The lowest BCUT2D eigenvalue weighted by Gasteiger charge is -2.32. The molecule has 1 fully saturated rings. The van der Waals surface area contributed by atoms with Gasteiger partial charge in [-0.1, -0.05) is 13.8 Å². The summed E-state index contributed by atoms with van der Waals surface area (Å²) in [4.78, 5) is 30.9. The number of likely N-dealkylation sites (tertiary alicyclic amines) is 1. The third kappa shape index (κ3) is 5.42. The van der Waals surface area contributed by atoms with Gasteiger partial charge in [-0.3, -0.25) is 9.59 Å². The van der Waals surface area contributed by atoms with E-state index in [9.17, 15) is 9.59 Å². The largest absolute Gasteiger partial charge is 0.459 e. The summed E-state index contributed by atoms with van der Waals surface area (Å²) in [6.07, 6.45) is 2.48. The molecule has 6 nitrogen and oxygen atoms in total. The highest BCUT2D eigenvalue weighted by Gasteiger charge is 2.24. The molecule has 27 heavy (non-hydrogen) atoms. The summed E-state index contributed by atoms with van der Waals surface area (Å²) in [5.74, 6) is 2.16. The standard InChI is InChI=1S/C20H27N3O3S/c1-13(2)10-19(25)23-8-6-15(7-9-23)21-18(24)11-16-12-27-20(22-16)17-5-4-14(3)26-17/h4-5,12-13,15H,6-11H2,1-3H3,(H,21,24). The highest BCUT2D eigenvalue weighted by molar-refractivity contribution is 7.13. The topological polar surface area (TPSA) is 75.4 Å². The van der Waals surface area contributed by atoms with Crippen LogP contribution in [-0.2, 0) is 16.0 Å². The fourth-order valence-electron chi connectivity index (χ4n) is 3.25. The number of piperidine rings is 1. The third-order valence-electron chi connectivity index (χ3n) is 4.64. The first-order valence-electron chi connectivity index (χ1n) is 9.49. The second kappa shape index (κ2) is 8.69. The number of carbonyl (C=O) groups is 2. The Morgan fingerprint density at radius 1 is 1.33 bits per heavy atom. The van der Waals surface area contributed by atoms with Crippen LogP contribution in [0.3, 0.4) is 0 Å². The lowest BCUT2D eigenvalue weighted by Crippen LogP contribution is -2.47. The van der Waals surface area contributed by atoms with Crippen molar-refractivity contribution >= 4 is 23.2 Å². The first kappa shape index (κ1) is 19.6. The van der Waals surface area contributed by atoms with Gasteiger partial charge in [0.1, 0.15) is 5.76 Å². The number of furan rings is 1. The zero-order valence-corrected chi connectivity index (χ0v) is 17.0. The quantitative estimate of drug-likeness (QED) is 0.821. The van der Waals surface area contributed by atoms with Crippen molar-refractivity contribution < 1.29 is 14.0 Å². The molecule has 2 aromatic rings. The number of hydrogen-bond donors (Lipinski definition) is 1. The average molecular weight is 390 g/mol. The Hall–Kier alpha value is -2.15. The van der Waals surface area contributed by atoms with Crippen molar-refractivity contribution in [3.63, 3.8) is 0 Å². The molecule has 0 radical (unpaired) electrons. The first-order valence-corrected chi connectivity index (χ1v) is 10.4. The van der Waals surface area contributed by atoms with Gasteiger partial charge in [-0.2, -0.15) is 0 Å². The van der Waals surface area contributed by atoms with Gasteiger partial charge in [0.05, 0.1) is 12.1 Å². The number of rotatable bonds is 6. The van der Waals surface area contributed by atoms with Gasteiger partial charge in [0.25, 0.3) is 0 Å². The number of carbonyl (C=O) groups excluding carboxylic acids is 2. The Morgan fingerprint density at radius 2 is 2.07 bits per heavy atom. The van der Waals surface area contributed by atoms with Gasteiger partial charge in [0.2, 0.25) is 11.8 Å². The molecule has 0 unspecified atom stereocenters. The Balaban J connectivity index is 1.45. The predicted octanol–water partition coefficient (Wildman–Crippen LogP) is 3.41. The van der Waals surface area contributed by atoms with E-state index in [-0.39, 0.29) is 24.3 Å². The van der Waals surface area contributed by atoms with E-state index in [1.54, 1.807) is 0 Å². The maximum Gasteiger partial charge on any atom is 0.226 e. The van der Waals surface area contributed by atoms with E-state index < -0.39 is 0 Å². The molecule has 0 bridgehead atoms. The highest BCUT2D eigenvalue weighted by Crippen LogP contribution is 2.25. The average Bonchev–Trinajstić information content (AvgIpc) is 3.23. The summed E-state index contributed by atoms with van der Waals surface area (Å²) < 4.78 is 5.58. The minimum Gasteiger partial charge on any atom is -0.459 e. The summed E-state index contributed by atoms with van der Waals surface area (Å²) in [6.45, 7) is 7.45. The van der Waals surface area contributed by atoms with Gasteiger partial charge in [-0.25, -0.2) is 4.98 Å². The SMILES string of the molecule is Cc1ccc(-c2nc(CC(=O)NC3CCN(C(=O)CC(C)C)CC3)cs2)o1. The summed E-state index contributed by atoms with van der Waals surface area (Å²) in [5, 5.41) is 5.78. The van der Waals surface area contributed by atoms with Crippen LogP contribution >= 0.6 is 11.3 Å². The molecule has 0 aromatic carbocycles. The fourth-order valence-corrected chi connectivity index (χ4v) is 4.03. The van der Waals surface area contributed by atoms with Crippen LogP contribution in [0.1, 0.15) is 44.6 Å². The first-order chi connectivity index (χ1) is 12.9. The number of hydrogen-bond acceptors (Lipinski definition) is 5. The van der Waals surface area contributed by atoms with Crippen molar-refractivity contribution in [2.45, 2.75) is 52.5 Å². The van der Waals surface area contributed by atoms with Crippen LogP contribution in [0.25, 0.3) is 10.8 Å². The van der Waals surface area contributed by atoms with Gasteiger partial charge in [0.15, 0.2) is 10.8 Å². The fraction of sp³-hybridized carbons (Fsp3) is 0.550. The van der Waals surface area contributed by atoms with E-state index >= 15 is 0 Å². The van der Waals surface area contributed by atoms with E-state index in [0.29, 0.717) is 12.3 Å². The molecule has 2 aromatic heterocycles. The van der Waals surface area contributed by atoms with Crippen molar-refractivity contribution in [2.24, 2.45) is 5.92 Å². The van der Waals surface area contributed by atoms with E-state index in [0.717, 1.165) is 48.2 Å². The zero-order valence-electron chi connectivity index (χ0n) is 16.2. The molecule has 0 saturated carbocycles. The lowest BCUT2D eigenvalue weighted by molar-refractivity contribution is -0.133. The van der Waals surface area contributed by atoms with Crippen molar-refractivity contribution in [3.8, 4) is 10.8 Å². The number of nitrogens with one attached hydrogen (secondary N) is 1. The lowest BCUT2D eigenvalue weighted by atomic mass is 10.0. The van der Waals surface area contributed by atoms with Crippen molar-refractivity contribution in [3.05, 3.63) is 29.0 Å². The van der Waals surface area contributed by atoms with Crippen LogP contribution in [0.2, 0.25) is 0 Å². The van der Waals surface area contributed by atoms with Crippen molar-refractivity contribution in [1.82, 2.24) is 15.2 Å². The van der Waals surface area contributed by atoms with Gasteiger partial charge in [-0.05, 0) is 37.8 Å². The number of nitrogens with zero attached hydrogens (tertiary/aromatic N) is 2.